The van der Waals surface area contributed by atoms with Crippen LogP contribution in [-0.2, 0) is 11.2 Å². The van der Waals surface area contributed by atoms with Crippen molar-refractivity contribution in [1.29, 1.82) is 0 Å². The first-order valence-electron chi connectivity index (χ1n) is 4.82. The van der Waals surface area contributed by atoms with Crippen LogP contribution in [0.4, 0.5) is 4.79 Å². The maximum Gasteiger partial charge on any atom is 0.407 e. The third kappa shape index (κ3) is 5.37. The lowest BCUT2D eigenvalue weighted by Gasteiger charge is -2.19. The van der Waals surface area contributed by atoms with E-state index in [9.17, 15) is 4.79 Å². The molecule has 0 bridgehead atoms. The van der Waals surface area contributed by atoms with Crippen molar-refractivity contribution in [2.45, 2.75) is 32.8 Å². The summed E-state index contributed by atoms with van der Waals surface area (Å²) >= 11 is 1.58. The second-order valence-corrected chi connectivity index (χ2v) is 5.08. The molecule has 0 saturated carbocycles. The van der Waals surface area contributed by atoms with E-state index >= 15 is 0 Å². The van der Waals surface area contributed by atoms with Crippen molar-refractivity contribution in [3.63, 3.8) is 0 Å². The highest BCUT2D eigenvalue weighted by Gasteiger charge is 2.15. The summed E-state index contributed by atoms with van der Waals surface area (Å²) < 4.78 is 5.09. The van der Waals surface area contributed by atoms with Gasteiger partial charge in [-0.3, -0.25) is 0 Å². The van der Waals surface area contributed by atoms with E-state index < -0.39 is 5.60 Å². The number of carbonyl (C=O) groups is 1. The molecule has 15 heavy (non-hydrogen) atoms. The SMILES string of the molecule is CC(C)(C)OC(=O)NCCc1nccs1. The maximum absolute atomic E-state index is 11.2. The molecule has 84 valence electrons. The predicted octanol–water partition coefficient (Wildman–Crippen LogP) is 2.21. The van der Waals surface area contributed by atoms with Gasteiger partial charge in [0.2, 0.25) is 0 Å². The van der Waals surface area contributed by atoms with Crippen molar-refractivity contribution in [1.82, 2.24) is 10.3 Å². The topological polar surface area (TPSA) is 51.2 Å². The molecule has 1 amide bonds. The molecule has 0 spiro atoms. The number of aromatic nitrogens is 1. The average Bonchev–Trinajstić information content (AvgIpc) is 2.53. The van der Waals surface area contributed by atoms with Gasteiger partial charge in [0, 0.05) is 24.5 Å². The highest BCUT2D eigenvalue weighted by molar-refractivity contribution is 7.09. The Kier molecular flexibility index (Phi) is 4.08. The van der Waals surface area contributed by atoms with Crippen LogP contribution in [0.5, 0.6) is 0 Å². The first kappa shape index (κ1) is 12.0. The summed E-state index contributed by atoms with van der Waals surface area (Å²) in [5.41, 5.74) is -0.439. The smallest absolute Gasteiger partial charge is 0.407 e. The molecule has 0 fully saturated rings. The van der Waals surface area contributed by atoms with Gasteiger partial charge in [0.1, 0.15) is 5.60 Å². The molecule has 1 aromatic heterocycles. The summed E-state index contributed by atoms with van der Waals surface area (Å²) in [6.45, 7) is 6.08. The zero-order valence-electron chi connectivity index (χ0n) is 9.24. The van der Waals surface area contributed by atoms with Gasteiger partial charge in [-0.15, -0.1) is 11.3 Å². The predicted molar refractivity (Wildman–Crippen MR) is 60.1 cm³/mol. The van der Waals surface area contributed by atoms with E-state index in [-0.39, 0.29) is 6.09 Å². The van der Waals surface area contributed by atoms with Crippen molar-refractivity contribution in [2.75, 3.05) is 6.54 Å². The molecule has 1 heterocycles. The summed E-state index contributed by atoms with van der Waals surface area (Å²) in [5.74, 6) is 0. The molecular formula is C10H16N2O2S. The number of nitrogens with zero attached hydrogens (tertiary/aromatic N) is 1. The van der Waals surface area contributed by atoms with Crippen LogP contribution in [0.3, 0.4) is 0 Å². The van der Waals surface area contributed by atoms with E-state index in [1.165, 1.54) is 0 Å². The number of nitrogens with one attached hydrogen (secondary N) is 1. The van der Waals surface area contributed by atoms with Crippen LogP contribution < -0.4 is 5.32 Å². The fraction of sp³-hybridized carbons (Fsp3) is 0.600. The van der Waals surface area contributed by atoms with E-state index in [2.05, 4.69) is 10.3 Å². The normalized spacial score (nSPS) is 11.1. The second-order valence-electron chi connectivity index (χ2n) is 4.10. The number of hydrogen-bond donors (Lipinski definition) is 1. The first-order chi connectivity index (χ1) is 6.97. The lowest BCUT2D eigenvalue weighted by molar-refractivity contribution is 0.0528. The molecule has 0 radical (unpaired) electrons. The fourth-order valence-corrected chi connectivity index (χ4v) is 1.58. The molecule has 0 atom stereocenters. The number of hydrogen-bond acceptors (Lipinski definition) is 4. The van der Waals surface area contributed by atoms with Crippen LogP contribution in [0.1, 0.15) is 25.8 Å². The third-order valence-corrected chi connectivity index (χ3v) is 2.33. The molecular weight excluding hydrogens is 212 g/mol. The lowest BCUT2D eigenvalue weighted by Crippen LogP contribution is -2.33. The van der Waals surface area contributed by atoms with Gasteiger partial charge in [-0.1, -0.05) is 0 Å². The zero-order valence-corrected chi connectivity index (χ0v) is 10.1. The number of rotatable bonds is 3. The van der Waals surface area contributed by atoms with Gasteiger partial charge in [0.05, 0.1) is 5.01 Å². The summed E-state index contributed by atoms with van der Waals surface area (Å²) in [6.07, 6.45) is 2.13. The monoisotopic (exact) mass is 228 g/mol. The van der Waals surface area contributed by atoms with Crippen molar-refractivity contribution in [3.8, 4) is 0 Å². The average molecular weight is 228 g/mol. The Balaban J connectivity index is 2.18. The molecule has 0 aliphatic rings. The van der Waals surface area contributed by atoms with Gasteiger partial charge in [-0.2, -0.15) is 0 Å². The van der Waals surface area contributed by atoms with Crippen molar-refractivity contribution in [3.05, 3.63) is 16.6 Å². The Hall–Kier alpha value is -1.10. The third-order valence-electron chi connectivity index (χ3n) is 1.49. The Bertz CT molecular complexity index is 304. The molecule has 0 unspecified atom stereocenters. The quantitative estimate of drug-likeness (QED) is 0.863. The molecule has 0 aromatic carbocycles. The highest BCUT2D eigenvalue weighted by Crippen LogP contribution is 2.07. The van der Waals surface area contributed by atoms with Gasteiger partial charge in [-0.05, 0) is 20.8 Å². The molecule has 0 aliphatic heterocycles. The number of amides is 1. The van der Waals surface area contributed by atoms with E-state index in [4.69, 9.17) is 4.74 Å². The summed E-state index contributed by atoms with van der Waals surface area (Å²) in [7, 11) is 0. The molecule has 1 N–H and O–H groups in total. The van der Waals surface area contributed by atoms with Gasteiger partial charge < -0.3 is 10.1 Å². The Labute approximate surface area is 93.7 Å². The number of thiazole rings is 1. The van der Waals surface area contributed by atoms with Crippen LogP contribution in [0.25, 0.3) is 0 Å². The number of alkyl carbamates (subject to hydrolysis) is 1. The maximum atomic E-state index is 11.2. The van der Waals surface area contributed by atoms with E-state index in [1.54, 1.807) is 17.5 Å². The molecule has 5 heteroatoms. The molecule has 0 saturated heterocycles. The van der Waals surface area contributed by atoms with Crippen LogP contribution in [0.15, 0.2) is 11.6 Å². The Morgan fingerprint density at radius 1 is 1.60 bits per heavy atom. The van der Waals surface area contributed by atoms with Crippen molar-refractivity contribution in [2.24, 2.45) is 0 Å². The Morgan fingerprint density at radius 3 is 2.87 bits per heavy atom. The molecule has 4 nitrogen and oxygen atoms in total. The minimum absolute atomic E-state index is 0.376. The van der Waals surface area contributed by atoms with Crippen LogP contribution in [0.2, 0.25) is 0 Å². The number of carbonyl (C=O) groups excluding carboxylic acids is 1. The summed E-state index contributed by atoms with van der Waals surface area (Å²) in [6, 6.07) is 0. The van der Waals surface area contributed by atoms with E-state index in [0.29, 0.717) is 6.54 Å². The van der Waals surface area contributed by atoms with Gasteiger partial charge in [-0.25, -0.2) is 9.78 Å². The van der Waals surface area contributed by atoms with Crippen LogP contribution in [0, 0.1) is 0 Å². The van der Waals surface area contributed by atoms with Crippen molar-refractivity contribution >= 4 is 17.4 Å². The fourth-order valence-electron chi connectivity index (χ4n) is 0.962. The first-order valence-corrected chi connectivity index (χ1v) is 5.70. The largest absolute Gasteiger partial charge is 0.444 e. The van der Waals surface area contributed by atoms with Crippen molar-refractivity contribution < 1.29 is 9.53 Å². The Morgan fingerprint density at radius 2 is 2.33 bits per heavy atom. The van der Waals surface area contributed by atoms with E-state index in [1.807, 2.05) is 26.2 Å². The van der Waals surface area contributed by atoms with Gasteiger partial charge >= 0.3 is 6.09 Å². The molecule has 1 aromatic rings. The lowest BCUT2D eigenvalue weighted by atomic mass is 10.2. The minimum atomic E-state index is -0.439. The number of ether oxygens (including phenoxy) is 1. The van der Waals surface area contributed by atoms with Gasteiger partial charge in [0.25, 0.3) is 0 Å². The summed E-state index contributed by atoms with van der Waals surface area (Å²) in [4.78, 5) is 15.4. The zero-order chi connectivity index (χ0) is 11.3. The summed E-state index contributed by atoms with van der Waals surface area (Å²) in [5, 5.41) is 5.62. The molecule has 1 rings (SSSR count). The second kappa shape index (κ2) is 5.11. The van der Waals surface area contributed by atoms with Crippen LogP contribution in [-0.4, -0.2) is 23.2 Å². The van der Waals surface area contributed by atoms with Crippen LogP contribution >= 0.6 is 11.3 Å². The highest BCUT2D eigenvalue weighted by atomic mass is 32.1. The van der Waals surface area contributed by atoms with E-state index in [0.717, 1.165) is 11.4 Å². The molecule has 0 aliphatic carbocycles. The van der Waals surface area contributed by atoms with Gasteiger partial charge in [0.15, 0.2) is 0 Å². The minimum Gasteiger partial charge on any atom is -0.444 e. The standard InChI is InChI=1S/C10H16N2O2S/c1-10(2,3)14-9(13)12-5-4-8-11-6-7-15-8/h6-7H,4-5H2,1-3H3,(H,12,13).